The molecule has 154 valence electrons. The minimum atomic E-state index is -0.0287. The second-order valence-corrected chi connectivity index (χ2v) is 8.42. The largest absolute Gasteiger partial charge is 0.378 e. The van der Waals surface area contributed by atoms with Crippen molar-refractivity contribution in [2.75, 3.05) is 31.2 Å². The van der Waals surface area contributed by atoms with Gasteiger partial charge in [-0.05, 0) is 32.4 Å². The van der Waals surface area contributed by atoms with Crippen LogP contribution in [0.2, 0.25) is 0 Å². The summed E-state index contributed by atoms with van der Waals surface area (Å²) in [5, 5.41) is 13.9. The third-order valence-electron chi connectivity index (χ3n) is 4.79. The summed E-state index contributed by atoms with van der Waals surface area (Å²) >= 11 is 1.57. The van der Waals surface area contributed by atoms with Crippen LogP contribution in [0, 0.1) is 6.92 Å². The molecule has 0 bridgehead atoms. The first-order valence-corrected chi connectivity index (χ1v) is 10.9. The zero-order valence-electron chi connectivity index (χ0n) is 17.0. The Balaban J connectivity index is 1.64. The Labute approximate surface area is 174 Å². The number of morpholine rings is 1. The summed E-state index contributed by atoms with van der Waals surface area (Å²) in [6.45, 7) is 9.23. The monoisotopic (exact) mass is 414 g/mol. The van der Waals surface area contributed by atoms with Crippen molar-refractivity contribution in [3.63, 3.8) is 0 Å². The fourth-order valence-corrected chi connectivity index (χ4v) is 4.09. The normalized spacial score (nSPS) is 15.6. The van der Waals surface area contributed by atoms with Crippen LogP contribution in [0.15, 0.2) is 33.9 Å². The van der Waals surface area contributed by atoms with E-state index in [4.69, 9.17) is 9.26 Å². The Bertz CT molecular complexity index is 933. The second kappa shape index (κ2) is 8.96. The van der Waals surface area contributed by atoms with Crippen LogP contribution in [-0.4, -0.2) is 51.2 Å². The SMILES string of the molecule is CCCc1noc(C(C)Sc2nnc(N3CCOCC3)n2-c2ccc(C)cc2)n1. The van der Waals surface area contributed by atoms with Crippen molar-refractivity contribution in [3.8, 4) is 5.69 Å². The van der Waals surface area contributed by atoms with Crippen LogP contribution in [0.4, 0.5) is 5.95 Å². The van der Waals surface area contributed by atoms with Crippen LogP contribution in [0.25, 0.3) is 5.69 Å². The number of thioether (sulfide) groups is 1. The van der Waals surface area contributed by atoms with Crippen LogP contribution in [0.3, 0.4) is 0 Å². The molecule has 1 aliphatic rings. The van der Waals surface area contributed by atoms with Crippen molar-refractivity contribution in [2.24, 2.45) is 0 Å². The lowest BCUT2D eigenvalue weighted by Crippen LogP contribution is -2.37. The molecule has 1 unspecified atom stereocenters. The van der Waals surface area contributed by atoms with E-state index in [0.29, 0.717) is 19.1 Å². The molecule has 4 rings (SSSR count). The van der Waals surface area contributed by atoms with Gasteiger partial charge in [-0.1, -0.05) is 41.5 Å². The molecule has 0 spiro atoms. The summed E-state index contributed by atoms with van der Waals surface area (Å²) in [5.41, 5.74) is 2.25. The third-order valence-corrected chi connectivity index (χ3v) is 5.82. The van der Waals surface area contributed by atoms with Crippen LogP contribution in [0.1, 0.15) is 42.8 Å². The number of ether oxygens (including phenoxy) is 1. The molecule has 3 heterocycles. The summed E-state index contributed by atoms with van der Waals surface area (Å²) in [6.07, 6.45) is 1.81. The van der Waals surface area contributed by atoms with Crippen molar-refractivity contribution >= 4 is 17.7 Å². The first kappa shape index (κ1) is 19.9. The summed E-state index contributed by atoms with van der Waals surface area (Å²) in [5.74, 6) is 2.21. The molecule has 1 aromatic carbocycles. The van der Waals surface area contributed by atoms with E-state index in [1.165, 1.54) is 5.56 Å². The molecule has 0 amide bonds. The minimum absolute atomic E-state index is 0.0287. The lowest BCUT2D eigenvalue weighted by atomic mass is 10.2. The maximum Gasteiger partial charge on any atom is 0.239 e. The highest BCUT2D eigenvalue weighted by Crippen LogP contribution is 2.36. The highest BCUT2D eigenvalue weighted by atomic mass is 32.2. The average Bonchev–Trinajstić information content (AvgIpc) is 3.37. The Hall–Kier alpha value is -2.39. The zero-order chi connectivity index (χ0) is 20.2. The van der Waals surface area contributed by atoms with Gasteiger partial charge in [0.1, 0.15) is 0 Å². The summed E-state index contributed by atoms with van der Waals surface area (Å²) in [6, 6.07) is 8.41. The fourth-order valence-electron chi connectivity index (χ4n) is 3.19. The van der Waals surface area contributed by atoms with Gasteiger partial charge in [0.25, 0.3) is 0 Å². The Morgan fingerprint density at radius 3 is 2.62 bits per heavy atom. The number of rotatable bonds is 7. The van der Waals surface area contributed by atoms with Gasteiger partial charge < -0.3 is 14.2 Å². The van der Waals surface area contributed by atoms with Gasteiger partial charge in [-0.15, -0.1) is 10.2 Å². The Morgan fingerprint density at radius 1 is 1.14 bits per heavy atom. The molecule has 1 saturated heterocycles. The van der Waals surface area contributed by atoms with Crippen molar-refractivity contribution in [1.82, 2.24) is 24.9 Å². The zero-order valence-corrected chi connectivity index (χ0v) is 17.9. The van der Waals surface area contributed by atoms with Crippen LogP contribution in [0.5, 0.6) is 0 Å². The Kier molecular flexibility index (Phi) is 6.15. The topological polar surface area (TPSA) is 82.1 Å². The summed E-state index contributed by atoms with van der Waals surface area (Å²) < 4.78 is 13.1. The van der Waals surface area contributed by atoms with Crippen LogP contribution < -0.4 is 4.90 Å². The number of nitrogens with zero attached hydrogens (tertiary/aromatic N) is 6. The van der Waals surface area contributed by atoms with Crippen LogP contribution in [-0.2, 0) is 11.2 Å². The van der Waals surface area contributed by atoms with E-state index in [1.54, 1.807) is 11.8 Å². The van der Waals surface area contributed by atoms with Gasteiger partial charge in [0.15, 0.2) is 11.0 Å². The van der Waals surface area contributed by atoms with Gasteiger partial charge in [0.05, 0.1) is 24.2 Å². The van der Waals surface area contributed by atoms with Crippen molar-refractivity contribution in [3.05, 3.63) is 41.5 Å². The van der Waals surface area contributed by atoms with E-state index < -0.39 is 0 Å². The van der Waals surface area contributed by atoms with E-state index in [-0.39, 0.29) is 5.25 Å². The van der Waals surface area contributed by atoms with E-state index in [0.717, 1.165) is 48.5 Å². The van der Waals surface area contributed by atoms with E-state index in [9.17, 15) is 0 Å². The smallest absolute Gasteiger partial charge is 0.239 e. The lowest BCUT2D eigenvalue weighted by Gasteiger charge is -2.28. The molecule has 29 heavy (non-hydrogen) atoms. The van der Waals surface area contributed by atoms with Gasteiger partial charge in [0, 0.05) is 19.5 Å². The summed E-state index contributed by atoms with van der Waals surface area (Å²) in [4.78, 5) is 6.74. The molecule has 0 radical (unpaired) electrons. The molecule has 1 atom stereocenters. The third kappa shape index (κ3) is 4.45. The predicted molar refractivity (Wildman–Crippen MR) is 112 cm³/mol. The van der Waals surface area contributed by atoms with Crippen molar-refractivity contribution in [2.45, 2.75) is 44.0 Å². The second-order valence-electron chi connectivity index (χ2n) is 7.11. The molecule has 1 fully saturated rings. The number of aryl methyl sites for hydroxylation is 2. The number of benzene rings is 1. The lowest BCUT2D eigenvalue weighted by molar-refractivity contribution is 0.122. The number of hydrogen-bond acceptors (Lipinski definition) is 8. The fraction of sp³-hybridized carbons (Fsp3) is 0.500. The molecule has 1 aliphatic heterocycles. The van der Waals surface area contributed by atoms with E-state index in [1.807, 2.05) is 0 Å². The quantitative estimate of drug-likeness (QED) is 0.543. The van der Waals surface area contributed by atoms with Crippen LogP contribution >= 0.6 is 11.8 Å². The van der Waals surface area contributed by atoms with Gasteiger partial charge in [0.2, 0.25) is 11.8 Å². The van der Waals surface area contributed by atoms with E-state index >= 15 is 0 Å². The van der Waals surface area contributed by atoms with Gasteiger partial charge in [-0.3, -0.25) is 4.57 Å². The summed E-state index contributed by atoms with van der Waals surface area (Å²) in [7, 11) is 0. The first-order valence-electron chi connectivity index (χ1n) is 10.00. The minimum Gasteiger partial charge on any atom is -0.378 e. The highest BCUT2D eigenvalue weighted by Gasteiger charge is 2.25. The predicted octanol–water partition coefficient (Wildman–Crippen LogP) is 3.60. The van der Waals surface area contributed by atoms with Gasteiger partial charge >= 0.3 is 0 Å². The molecule has 0 saturated carbocycles. The number of aromatic nitrogens is 5. The maximum atomic E-state index is 5.50. The number of hydrogen-bond donors (Lipinski definition) is 0. The number of anilines is 1. The average molecular weight is 415 g/mol. The molecule has 0 N–H and O–H groups in total. The Morgan fingerprint density at radius 2 is 1.90 bits per heavy atom. The van der Waals surface area contributed by atoms with E-state index in [2.05, 4.69) is 74.8 Å². The molecule has 3 aromatic rings. The van der Waals surface area contributed by atoms with Crippen molar-refractivity contribution in [1.29, 1.82) is 0 Å². The standard InChI is InChI=1S/C20H26N6O2S/c1-4-5-17-21-18(28-24-17)15(3)29-20-23-22-19(25-10-12-27-13-11-25)26(20)16-8-6-14(2)7-9-16/h6-9,15H,4-5,10-13H2,1-3H3. The van der Waals surface area contributed by atoms with Gasteiger partial charge in [-0.25, -0.2) is 0 Å². The van der Waals surface area contributed by atoms with Crippen molar-refractivity contribution < 1.29 is 9.26 Å². The molecule has 0 aliphatic carbocycles. The van der Waals surface area contributed by atoms with Gasteiger partial charge in [-0.2, -0.15) is 4.98 Å². The molecule has 8 nitrogen and oxygen atoms in total. The highest BCUT2D eigenvalue weighted by molar-refractivity contribution is 7.99. The molecular weight excluding hydrogens is 388 g/mol. The molecular formula is C20H26N6O2S. The first-order chi connectivity index (χ1) is 14.2. The molecule has 2 aromatic heterocycles. The maximum absolute atomic E-state index is 5.50. The molecule has 9 heteroatoms.